The van der Waals surface area contributed by atoms with Crippen molar-refractivity contribution < 1.29 is 0 Å². The lowest BCUT2D eigenvalue weighted by Gasteiger charge is -2.60. The van der Waals surface area contributed by atoms with Gasteiger partial charge in [0.05, 0.1) is 0 Å². The van der Waals surface area contributed by atoms with Crippen molar-refractivity contribution in [2.75, 3.05) is 19.6 Å². The Kier molecular flexibility index (Phi) is 5.50. The van der Waals surface area contributed by atoms with Crippen LogP contribution in [0.5, 0.6) is 0 Å². The molecule has 2 bridgehead atoms. The van der Waals surface area contributed by atoms with Crippen LogP contribution in [0.15, 0.2) is 0 Å². The molecule has 0 radical (unpaired) electrons. The van der Waals surface area contributed by atoms with Gasteiger partial charge >= 0.3 is 0 Å². The maximum atomic E-state index is 3.76. The molecule has 4 saturated carbocycles. The highest BCUT2D eigenvalue weighted by molar-refractivity contribution is 5.03. The SMILES string of the molecule is C[C@H](NCCNC[C@@H]1CC[C@H]2C[C@@H]1C2(C)C)C1CCCCC1. The first kappa shape index (κ1) is 16.8. The number of fused-ring (bicyclic) bond motifs is 2. The van der Waals surface area contributed by atoms with Crippen LogP contribution in [-0.2, 0) is 0 Å². The van der Waals surface area contributed by atoms with E-state index in [9.17, 15) is 0 Å². The van der Waals surface area contributed by atoms with Crippen molar-refractivity contribution in [1.29, 1.82) is 0 Å². The Bertz CT molecular complexity index is 344. The zero-order chi connectivity index (χ0) is 15.6. The van der Waals surface area contributed by atoms with E-state index >= 15 is 0 Å². The van der Waals surface area contributed by atoms with E-state index in [1.54, 1.807) is 0 Å². The van der Waals surface area contributed by atoms with Crippen LogP contribution < -0.4 is 10.6 Å². The molecule has 4 rings (SSSR count). The average molecular weight is 307 g/mol. The molecule has 0 unspecified atom stereocenters. The van der Waals surface area contributed by atoms with Gasteiger partial charge < -0.3 is 10.6 Å². The van der Waals surface area contributed by atoms with E-state index in [1.807, 2.05) is 0 Å². The molecule has 2 N–H and O–H groups in total. The summed E-state index contributed by atoms with van der Waals surface area (Å²) >= 11 is 0. The molecule has 0 spiro atoms. The lowest BCUT2D eigenvalue weighted by molar-refractivity contribution is -0.103. The van der Waals surface area contributed by atoms with Crippen molar-refractivity contribution >= 4 is 0 Å². The van der Waals surface area contributed by atoms with Crippen molar-refractivity contribution in [3.63, 3.8) is 0 Å². The molecular formula is C20H38N2. The molecule has 4 atom stereocenters. The van der Waals surface area contributed by atoms with E-state index in [2.05, 4.69) is 31.4 Å². The van der Waals surface area contributed by atoms with E-state index in [1.165, 1.54) is 57.9 Å². The molecule has 0 aromatic rings. The van der Waals surface area contributed by atoms with Gasteiger partial charge in [-0.3, -0.25) is 0 Å². The molecule has 4 aliphatic carbocycles. The average Bonchev–Trinajstić information content (AvgIpc) is 2.55. The summed E-state index contributed by atoms with van der Waals surface area (Å²) in [6.07, 6.45) is 11.7. The Morgan fingerprint density at radius 1 is 1.00 bits per heavy atom. The highest BCUT2D eigenvalue weighted by Gasteiger charge is 2.53. The standard InChI is InChI=1S/C20H38N2/c1-15(16-7-5-4-6-8-16)22-12-11-21-14-17-9-10-18-13-19(17)20(18,2)3/h15-19,21-22H,4-14H2,1-3H3/t15-,17-,18-,19-/m0/s1. The van der Waals surface area contributed by atoms with Crippen LogP contribution in [0.2, 0.25) is 0 Å². The highest BCUT2D eigenvalue weighted by Crippen LogP contribution is 2.61. The Labute approximate surface area is 138 Å². The van der Waals surface area contributed by atoms with E-state index in [0.717, 1.165) is 36.8 Å². The first-order valence-electron chi connectivity index (χ1n) is 10.0. The fourth-order valence-electron chi connectivity index (χ4n) is 5.68. The topological polar surface area (TPSA) is 24.1 Å². The van der Waals surface area contributed by atoms with Gasteiger partial charge in [0.2, 0.25) is 0 Å². The van der Waals surface area contributed by atoms with Crippen molar-refractivity contribution in [2.45, 2.75) is 78.2 Å². The van der Waals surface area contributed by atoms with Gasteiger partial charge in [-0.05, 0) is 74.7 Å². The summed E-state index contributed by atoms with van der Waals surface area (Å²) in [6, 6.07) is 0.711. The highest BCUT2D eigenvalue weighted by atomic mass is 15.0. The molecule has 0 saturated heterocycles. The first-order chi connectivity index (χ1) is 10.6. The van der Waals surface area contributed by atoms with Crippen molar-refractivity contribution in [3.05, 3.63) is 0 Å². The van der Waals surface area contributed by atoms with Crippen LogP contribution in [0, 0.1) is 29.1 Å². The second-order valence-electron chi connectivity index (χ2n) is 9.04. The second kappa shape index (κ2) is 7.21. The van der Waals surface area contributed by atoms with Gasteiger partial charge in [-0.1, -0.05) is 33.1 Å². The summed E-state index contributed by atoms with van der Waals surface area (Å²) in [7, 11) is 0. The van der Waals surface area contributed by atoms with E-state index < -0.39 is 0 Å². The molecule has 0 heterocycles. The quantitative estimate of drug-likeness (QED) is 0.689. The van der Waals surface area contributed by atoms with E-state index in [4.69, 9.17) is 0 Å². The fraction of sp³-hybridized carbons (Fsp3) is 1.00. The molecule has 4 fully saturated rings. The van der Waals surface area contributed by atoms with Crippen LogP contribution in [-0.4, -0.2) is 25.7 Å². The number of hydrogen-bond donors (Lipinski definition) is 2. The molecular weight excluding hydrogens is 268 g/mol. The lowest BCUT2D eigenvalue weighted by atomic mass is 9.45. The van der Waals surface area contributed by atoms with Crippen LogP contribution in [0.25, 0.3) is 0 Å². The Morgan fingerprint density at radius 3 is 2.45 bits per heavy atom. The van der Waals surface area contributed by atoms with Crippen molar-refractivity contribution in [1.82, 2.24) is 10.6 Å². The predicted octanol–water partition coefficient (Wildman–Crippen LogP) is 4.21. The monoisotopic (exact) mass is 306 g/mol. The third-order valence-corrected chi connectivity index (χ3v) is 7.53. The summed E-state index contributed by atoms with van der Waals surface area (Å²) in [5.41, 5.74) is 0.637. The molecule has 2 heteroatoms. The maximum Gasteiger partial charge on any atom is 0.00793 e. The second-order valence-corrected chi connectivity index (χ2v) is 9.04. The molecule has 0 aromatic heterocycles. The molecule has 4 aliphatic rings. The molecule has 0 aliphatic heterocycles. The van der Waals surface area contributed by atoms with Crippen LogP contribution in [0.1, 0.15) is 72.1 Å². The molecule has 0 amide bonds. The maximum absolute atomic E-state index is 3.76. The third-order valence-electron chi connectivity index (χ3n) is 7.53. The van der Waals surface area contributed by atoms with Gasteiger partial charge in [0, 0.05) is 19.1 Å². The minimum atomic E-state index is 0.637. The summed E-state index contributed by atoms with van der Waals surface area (Å²) in [5, 5.41) is 7.51. The third kappa shape index (κ3) is 3.53. The van der Waals surface area contributed by atoms with Gasteiger partial charge in [-0.25, -0.2) is 0 Å². The predicted molar refractivity (Wildman–Crippen MR) is 95.0 cm³/mol. The number of nitrogens with one attached hydrogen (secondary N) is 2. The van der Waals surface area contributed by atoms with Crippen LogP contribution in [0.3, 0.4) is 0 Å². The van der Waals surface area contributed by atoms with E-state index in [0.29, 0.717) is 11.5 Å². The van der Waals surface area contributed by atoms with Gasteiger partial charge in [-0.15, -0.1) is 0 Å². The summed E-state index contributed by atoms with van der Waals surface area (Å²) in [5.74, 6) is 3.90. The van der Waals surface area contributed by atoms with Crippen LogP contribution in [0.4, 0.5) is 0 Å². The van der Waals surface area contributed by atoms with Gasteiger partial charge in [0.15, 0.2) is 0 Å². The Balaban J connectivity index is 1.28. The van der Waals surface area contributed by atoms with Gasteiger partial charge in [-0.2, -0.15) is 0 Å². The summed E-state index contributed by atoms with van der Waals surface area (Å²) in [4.78, 5) is 0. The molecule has 2 nitrogen and oxygen atoms in total. The number of rotatable bonds is 7. The molecule has 128 valence electrons. The minimum Gasteiger partial charge on any atom is -0.315 e. The number of hydrogen-bond acceptors (Lipinski definition) is 2. The van der Waals surface area contributed by atoms with Crippen LogP contribution >= 0.6 is 0 Å². The summed E-state index contributed by atoms with van der Waals surface area (Å²) < 4.78 is 0. The fourth-order valence-corrected chi connectivity index (χ4v) is 5.68. The van der Waals surface area contributed by atoms with Crippen molar-refractivity contribution in [3.8, 4) is 0 Å². The first-order valence-corrected chi connectivity index (χ1v) is 10.0. The minimum absolute atomic E-state index is 0.637. The largest absolute Gasteiger partial charge is 0.315 e. The summed E-state index contributed by atoms with van der Waals surface area (Å²) in [6.45, 7) is 10.9. The van der Waals surface area contributed by atoms with Gasteiger partial charge in [0.25, 0.3) is 0 Å². The Hall–Kier alpha value is -0.0800. The zero-order valence-corrected chi connectivity index (χ0v) is 15.2. The van der Waals surface area contributed by atoms with Crippen molar-refractivity contribution in [2.24, 2.45) is 29.1 Å². The lowest BCUT2D eigenvalue weighted by Crippen LogP contribution is -2.54. The normalized spacial score (nSPS) is 35.9. The Morgan fingerprint density at radius 2 is 1.77 bits per heavy atom. The molecule has 22 heavy (non-hydrogen) atoms. The van der Waals surface area contributed by atoms with Gasteiger partial charge in [0.1, 0.15) is 0 Å². The molecule has 0 aromatic carbocycles. The smallest absolute Gasteiger partial charge is 0.00793 e. The zero-order valence-electron chi connectivity index (χ0n) is 15.2. The van der Waals surface area contributed by atoms with E-state index in [-0.39, 0.29) is 0 Å².